The highest BCUT2D eigenvalue weighted by atomic mass is 35.5. The maximum Gasteiger partial charge on any atom is 0.243 e. The Balaban J connectivity index is 1.90. The van der Waals surface area contributed by atoms with E-state index in [0.29, 0.717) is 16.4 Å². The first-order valence-electron chi connectivity index (χ1n) is 6.10. The molecule has 0 aliphatic heterocycles. The molecule has 0 spiro atoms. The third-order valence-corrected chi connectivity index (χ3v) is 2.94. The van der Waals surface area contributed by atoms with Gasteiger partial charge in [-0.25, -0.2) is 4.39 Å². The fourth-order valence-electron chi connectivity index (χ4n) is 1.68. The quantitative estimate of drug-likeness (QED) is 0.899. The predicted molar refractivity (Wildman–Crippen MR) is 79.7 cm³/mol. The van der Waals surface area contributed by atoms with Gasteiger partial charge in [-0.2, -0.15) is 0 Å². The predicted octanol–water partition coefficient (Wildman–Crippen LogP) is 3.84. The Kier molecular flexibility index (Phi) is 4.58. The molecule has 20 heavy (non-hydrogen) atoms. The monoisotopic (exact) mass is 292 g/mol. The Bertz CT molecular complexity index is 614. The van der Waals surface area contributed by atoms with Gasteiger partial charge < -0.3 is 10.6 Å². The Hall–Kier alpha value is -2.07. The Labute approximate surface area is 121 Å². The Morgan fingerprint density at radius 2 is 1.90 bits per heavy atom. The van der Waals surface area contributed by atoms with Crippen LogP contribution < -0.4 is 10.6 Å². The molecule has 0 atom stereocenters. The highest BCUT2D eigenvalue weighted by Gasteiger charge is 2.05. The second-order valence-corrected chi connectivity index (χ2v) is 4.83. The normalized spacial score (nSPS) is 10.2. The van der Waals surface area contributed by atoms with E-state index in [1.807, 2.05) is 0 Å². The molecule has 0 saturated heterocycles. The van der Waals surface area contributed by atoms with Crippen molar-refractivity contribution in [1.29, 1.82) is 0 Å². The number of hydrogen-bond acceptors (Lipinski definition) is 2. The molecule has 0 aromatic heterocycles. The summed E-state index contributed by atoms with van der Waals surface area (Å²) in [6.07, 6.45) is 0. The lowest BCUT2D eigenvalue weighted by Gasteiger charge is -2.09. The molecule has 0 fully saturated rings. The molecule has 5 heteroatoms. The minimum absolute atomic E-state index is 0.0113. The number of aryl methyl sites for hydroxylation is 1. The second kappa shape index (κ2) is 6.39. The highest BCUT2D eigenvalue weighted by molar-refractivity contribution is 6.30. The molecular formula is C15H14ClFN2O. The number of hydrogen-bond donors (Lipinski definition) is 2. The molecule has 3 nitrogen and oxygen atoms in total. The van der Waals surface area contributed by atoms with Crippen LogP contribution in [0.2, 0.25) is 5.02 Å². The van der Waals surface area contributed by atoms with Crippen LogP contribution in [-0.4, -0.2) is 12.5 Å². The minimum atomic E-state index is -0.371. The fraction of sp³-hybridized carbons (Fsp3) is 0.133. The third kappa shape index (κ3) is 3.96. The van der Waals surface area contributed by atoms with Crippen molar-refractivity contribution < 1.29 is 9.18 Å². The van der Waals surface area contributed by atoms with Crippen molar-refractivity contribution >= 4 is 28.9 Å². The van der Waals surface area contributed by atoms with Gasteiger partial charge in [0.1, 0.15) is 5.82 Å². The van der Waals surface area contributed by atoms with Crippen LogP contribution >= 0.6 is 11.6 Å². The lowest BCUT2D eigenvalue weighted by Crippen LogP contribution is -2.22. The molecule has 1 amide bonds. The van der Waals surface area contributed by atoms with Gasteiger partial charge in [0.25, 0.3) is 0 Å². The van der Waals surface area contributed by atoms with E-state index >= 15 is 0 Å². The summed E-state index contributed by atoms with van der Waals surface area (Å²) < 4.78 is 13.6. The Morgan fingerprint density at radius 3 is 2.55 bits per heavy atom. The van der Waals surface area contributed by atoms with Crippen LogP contribution in [0.25, 0.3) is 0 Å². The zero-order valence-corrected chi connectivity index (χ0v) is 11.7. The molecule has 2 aromatic rings. The lowest BCUT2D eigenvalue weighted by molar-refractivity contribution is -0.114. The van der Waals surface area contributed by atoms with Crippen molar-refractivity contribution in [2.24, 2.45) is 0 Å². The van der Waals surface area contributed by atoms with Gasteiger partial charge in [0, 0.05) is 10.7 Å². The number of amides is 1. The van der Waals surface area contributed by atoms with Crippen molar-refractivity contribution in [2.75, 3.05) is 17.2 Å². The van der Waals surface area contributed by atoms with E-state index in [4.69, 9.17) is 11.6 Å². The number of rotatable bonds is 4. The average molecular weight is 293 g/mol. The lowest BCUT2D eigenvalue weighted by atomic mass is 10.2. The summed E-state index contributed by atoms with van der Waals surface area (Å²) in [5.41, 5.74) is 1.78. The van der Waals surface area contributed by atoms with E-state index in [0.717, 1.165) is 5.56 Å². The van der Waals surface area contributed by atoms with Gasteiger partial charge in [-0.1, -0.05) is 17.7 Å². The molecule has 2 rings (SSSR count). The van der Waals surface area contributed by atoms with Crippen LogP contribution in [0, 0.1) is 12.7 Å². The summed E-state index contributed by atoms with van der Waals surface area (Å²) in [6, 6.07) is 11.6. The number of halogens is 2. The second-order valence-electron chi connectivity index (χ2n) is 4.39. The van der Waals surface area contributed by atoms with Gasteiger partial charge in [0.15, 0.2) is 0 Å². The van der Waals surface area contributed by atoms with E-state index < -0.39 is 0 Å². The molecule has 0 aliphatic rings. The summed E-state index contributed by atoms with van der Waals surface area (Å²) in [5.74, 6) is -0.628. The average Bonchev–Trinajstić information content (AvgIpc) is 2.40. The molecule has 2 N–H and O–H groups in total. The van der Waals surface area contributed by atoms with Gasteiger partial charge in [0.05, 0.1) is 12.2 Å². The smallest absolute Gasteiger partial charge is 0.243 e. The topological polar surface area (TPSA) is 41.1 Å². The highest BCUT2D eigenvalue weighted by Crippen LogP contribution is 2.15. The van der Waals surface area contributed by atoms with Crippen LogP contribution in [0.1, 0.15) is 5.56 Å². The molecule has 0 unspecified atom stereocenters. The standard InChI is InChI=1S/C15H14ClFN2O/c1-10-2-7-14(13(17)8-10)18-9-15(20)19-12-5-3-11(16)4-6-12/h2-8,18H,9H2,1H3,(H,19,20). The number of nitrogens with one attached hydrogen (secondary N) is 2. The van der Waals surface area contributed by atoms with Crippen molar-refractivity contribution in [3.8, 4) is 0 Å². The fourth-order valence-corrected chi connectivity index (χ4v) is 1.80. The van der Waals surface area contributed by atoms with Crippen LogP contribution in [0.5, 0.6) is 0 Å². The third-order valence-electron chi connectivity index (χ3n) is 2.69. The molecule has 0 saturated carbocycles. The van der Waals surface area contributed by atoms with Gasteiger partial charge >= 0.3 is 0 Å². The van der Waals surface area contributed by atoms with Gasteiger partial charge in [-0.05, 0) is 48.9 Å². The summed E-state index contributed by atoms with van der Waals surface area (Å²) in [7, 11) is 0. The SMILES string of the molecule is Cc1ccc(NCC(=O)Nc2ccc(Cl)cc2)c(F)c1. The first-order valence-corrected chi connectivity index (χ1v) is 6.48. The largest absolute Gasteiger partial charge is 0.374 e. The van der Waals surface area contributed by atoms with E-state index in [2.05, 4.69) is 10.6 Å². The van der Waals surface area contributed by atoms with Gasteiger partial charge in [-0.3, -0.25) is 4.79 Å². The van der Waals surface area contributed by atoms with Crippen molar-refractivity contribution in [3.05, 3.63) is 58.9 Å². The number of anilines is 2. The summed E-state index contributed by atoms with van der Waals surface area (Å²) in [4.78, 5) is 11.7. The number of carbonyl (C=O) groups is 1. The van der Waals surface area contributed by atoms with Crippen molar-refractivity contribution in [1.82, 2.24) is 0 Å². The van der Waals surface area contributed by atoms with Gasteiger partial charge in [0.2, 0.25) is 5.91 Å². The zero-order valence-electron chi connectivity index (χ0n) is 10.9. The first kappa shape index (κ1) is 14.3. The van der Waals surface area contributed by atoms with Crippen molar-refractivity contribution in [2.45, 2.75) is 6.92 Å². The molecule has 104 valence electrons. The van der Waals surface area contributed by atoms with Crippen LogP contribution in [0.15, 0.2) is 42.5 Å². The molecule has 2 aromatic carbocycles. The van der Waals surface area contributed by atoms with Crippen LogP contribution in [-0.2, 0) is 4.79 Å². The number of benzene rings is 2. The number of carbonyl (C=O) groups excluding carboxylic acids is 1. The van der Waals surface area contributed by atoms with E-state index in [9.17, 15) is 9.18 Å². The van der Waals surface area contributed by atoms with E-state index in [-0.39, 0.29) is 18.3 Å². The van der Waals surface area contributed by atoms with E-state index in [1.54, 1.807) is 43.3 Å². The zero-order chi connectivity index (χ0) is 14.5. The summed E-state index contributed by atoms with van der Waals surface area (Å²) in [6.45, 7) is 1.79. The van der Waals surface area contributed by atoms with Crippen LogP contribution in [0.4, 0.5) is 15.8 Å². The maximum absolute atomic E-state index is 13.6. The minimum Gasteiger partial charge on any atom is -0.374 e. The summed E-state index contributed by atoms with van der Waals surface area (Å²) in [5, 5.41) is 6.05. The van der Waals surface area contributed by atoms with Gasteiger partial charge in [-0.15, -0.1) is 0 Å². The Morgan fingerprint density at radius 1 is 1.20 bits per heavy atom. The molecule has 0 bridgehead atoms. The molecule has 0 radical (unpaired) electrons. The molecule has 0 aliphatic carbocycles. The first-order chi connectivity index (χ1) is 9.54. The summed E-state index contributed by atoms with van der Waals surface area (Å²) >= 11 is 5.75. The molecule has 0 heterocycles. The molecular weight excluding hydrogens is 279 g/mol. The van der Waals surface area contributed by atoms with Crippen molar-refractivity contribution in [3.63, 3.8) is 0 Å². The van der Waals surface area contributed by atoms with E-state index in [1.165, 1.54) is 6.07 Å². The maximum atomic E-state index is 13.6. The van der Waals surface area contributed by atoms with Crippen LogP contribution in [0.3, 0.4) is 0 Å².